The summed E-state index contributed by atoms with van der Waals surface area (Å²) in [6.45, 7) is 4.35. The van der Waals surface area contributed by atoms with Crippen LogP contribution in [0.25, 0.3) is 0 Å². The second-order valence-corrected chi connectivity index (χ2v) is 3.84. The molecule has 1 saturated heterocycles. The molecule has 74 valence electrons. The Balaban J connectivity index is 2.17. The second kappa shape index (κ2) is 3.27. The van der Waals surface area contributed by atoms with Gasteiger partial charge in [0.25, 0.3) is 0 Å². The van der Waals surface area contributed by atoms with Crippen LogP contribution in [0, 0.1) is 5.92 Å². The van der Waals surface area contributed by atoms with E-state index >= 15 is 0 Å². The van der Waals surface area contributed by atoms with E-state index in [0.29, 0.717) is 12.0 Å². The molecule has 0 aromatic rings. The average Bonchev–Trinajstić information content (AvgIpc) is 2.59. The van der Waals surface area contributed by atoms with Crippen LogP contribution in [0.4, 0.5) is 0 Å². The van der Waals surface area contributed by atoms with Gasteiger partial charge < -0.3 is 10.6 Å². The van der Waals surface area contributed by atoms with Crippen LogP contribution in [0.1, 0.15) is 13.3 Å². The molecule has 0 radical (unpaired) electrons. The molecule has 2 rings (SSSR count). The number of piperidine rings is 1. The summed E-state index contributed by atoms with van der Waals surface area (Å²) in [5.74, 6) is 0.596. The van der Waals surface area contributed by atoms with Crippen molar-refractivity contribution in [1.82, 2.24) is 4.90 Å². The first kappa shape index (κ1) is 8.97. The quantitative estimate of drug-likeness (QED) is 0.615. The van der Waals surface area contributed by atoms with Gasteiger partial charge in [-0.3, -0.25) is 4.90 Å². The minimum atomic E-state index is 0.272. The molecule has 0 amide bonds. The smallest absolute Gasteiger partial charge is 0.106 e. The highest BCUT2D eigenvalue weighted by Gasteiger charge is 2.48. The maximum atomic E-state index is 6.09. The number of nitrogens with two attached hydrogens (primary N) is 1. The standard InChI is InChI=1S/C9H17N3O/c1-3-12-5-6-4-7(11-13-2)9(12)8(6)10/h6,8-9H,3-5,10H2,1-2H3/b11-7+. The fraction of sp³-hybridized carbons (Fsp3) is 0.889. The van der Waals surface area contributed by atoms with E-state index in [2.05, 4.69) is 17.0 Å². The third-order valence-corrected chi connectivity index (χ3v) is 3.20. The summed E-state index contributed by atoms with van der Waals surface area (Å²) in [6.07, 6.45) is 1.02. The molecule has 0 spiro atoms. The Kier molecular flexibility index (Phi) is 2.26. The van der Waals surface area contributed by atoms with Gasteiger partial charge in [0.2, 0.25) is 0 Å². The number of hydrogen-bond acceptors (Lipinski definition) is 4. The molecule has 4 heteroatoms. The summed E-state index contributed by atoms with van der Waals surface area (Å²) < 4.78 is 0. The molecule has 0 aromatic heterocycles. The van der Waals surface area contributed by atoms with E-state index in [1.807, 2.05) is 0 Å². The van der Waals surface area contributed by atoms with Crippen molar-refractivity contribution >= 4 is 5.71 Å². The van der Waals surface area contributed by atoms with E-state index in [9.17, 15) is 0 Å². The summed E-state index contributed by atoms with van der Waals surface area (Å²) in [6, 6.07) is 0.615. The van der Waals surface area contributed by atoms with Crippen LogP contribution in [-0.4, -0.2) is 42.9 Å². The maximum absolute atomic E-state index is 6.09. The number of nitrogens with zero attached hydrogens (tertiary/aromatic N) is 2. The third-order valence-electron chi connectivity index (χ3n) is 3.20. The van der Waals surface area contributed by atoms with Crippen LogP contribution in [-0.2, 0) is 4.84 Å². The lowest BCUT2D eigenvalue weighted by molar-refractivity contribution is 0.203. The van der Waals surface area contributed by atoms with Gasteiger partial charge >= 0.3 is 0 Å². The van der Waals surface area contributed by atoms with Crippen LogP contribution >= 0.6 is 0 Å². The number of fused-ring (bicyclic) bond motifs is 2. The molecule has 13 heavy (non-hydrogen) atoms. The van der Waals surface area contributed by atoms with Gasteiger partial charge in [-0.25, -0.2) is 0 Å². The summed E-state index contributed by atoms with van der Waals surface area (Å²) >= 11 is 0. The largest absolute Gasteiger partial charge is 0.399 e. The Morgan fingerprint density at radius 1 is 1.69 bits per heavy atom. The molecule has 3 atom stereocenters. The van der Waals surface area contributed by atoms with Crippen molar-refractivity contribution in [3.8, 4) is 0 Å². The van der Waals surface area contributed by atoms with E-state index in [-0.39, 0.29) is 6.04 Å². The van der Waals surface area contributed by atoms with Crippen LogP contribution < -0.4 is 5.73 Å². The summed E-state index contributed by atoms with van der Waals surface area (Å²) in [7, 11) is 1.60. The topological polar surface area (TPSA) is 50.8 Å². The first-order valence-corrected chi connectivity index (χ1v) is 4.87. The minimum Gasteiger partial charge on any atom is -0.399 e. The number of likely N-dealkylation sites (N-methyl/N-ethyl adjacent to an activating group) is 1. The lowest BCUT2D eigenvalue weighted by Crippen LogP contribution is -2.42. The molecule has 2 fully saturated rings. The Morgan fingerprint density at radius 3 is 3.00 bits per heavy atom. The highest BCUT2D eigenvalue weighted by atomic mass is 16.6. The summed E-state index contributed by atoms with van der Waals surface area (Å²) in [5.41, 5.74) is 7.23. The fourth-order valence-electron chi connectivity index (χ4n) is 2.59. The molecule has 2 N–H and O–H groups in total. The Bertz CT molecular complexity index is 229. The van der Waals surface area contributed by atoms with Crippen molar-refractivity contribution in [3.05, 3.63) is 0 Å². The van der Waals surface area contributed by atoms with Gasteiger partial charge in [0.15, 0.2) is 0 Å². The molecule has 1 aliphatic heterocycles. The molecule has 2 aliphatic rings. The van der Waals surface area contributed by atoms with Crippen molar-refractivity contribution in [2.45, 2.75) is 25.4 Å². The normalized spacial score (nSPS) is 41.8. The molecule has 2 bridgehead atoms. The van der Waals surface area contributed by atoms with Gasteiger partial charge in [-0.15, -0.1) is 0 Å². The number of rotatable bonds is 2. The molecule has 0 aromatic carbocycles. The molecule has 3 unspecified atom stereocenters. The Hall–Kier alpha value is -0.610. The predicted octanol–water partition coefficient (Wildman–Crippen LogP) is 0.0401. The third kappa shape index (κ3) is 1.25. The average molecular weight is 183 g/mol. The Morgan fingerprint density at radius 2 is 2.46 bits per heavy atom. The van der Waals surface area contributed by atoms with E-state index in [4.69, 9.17) is 10.6 Å². The van der Waals surface area contributed by atoms with E-state index in [1.165, 1.54) is 0 Å². The summed E-state index contributed by atoms with van der Waals surface area (Å²) in [4.78, 5) is 7.21. The Labute approximate surface area is 78.7 Å². The predicted molar refractivity (Wildman–Crippen MR) is 51.6 cm³/mol. The molecule has 1 heterocycles. The van der Waals surface area contributed by atoms with Gasteiger partial charge in [0, 0.05) is 12.6 Å². The van der Waals surface area contributed by atoms with Gasteiger partial charge in [0.1, 0.15) is 7.11 Å². The molecule has 1 saturated carbocycles. The number of likely N-dealkylation sites (tertiary alicyclic amines) is 1. The van der Waals surface area contributed by atoms with Crippen molar-refractivity contribution in [1.29, 1.82) is 0 Å². The number of hydrogen-bond donors (Lipinski definition) is 1. The van der Waals surface area contributed by atoms with E-state index in [0.717, 1.165) is 25.2 Å². The molecule has 4 nitrogen and oxygen atoms in total. The monoisotopic (exact) mass is 183 g/mol. The zero-order valence-corrected chi connectivity index (χ0v) is 8.23. The van der Waals surface area contributed by atoms with E-state index in [1.54, 1.807) is 7.11 Å². The summed E-state index contributed by atoms with van der Waals surface area (Å²) in [5, 5.41) is 4.05. The van der Waals surface area contributed by atoms with Crippen molar-refractivity contribution < 1.29 is 4.84 Å². The van der Waals surface area contributed by atoms with Crippen LogP contribution in [0.3, 0.4) is 0 Å². The van der Waals surface area contributed by atoms with E-state index < -0.39 is 0 Å². The highest BCUT2D eigenvalue weighted by molar-refractivity contribution is 5.93. The fourth-order valence-corrected chi connectivity index (χ4v) is 2.59. The van der Waals surface area contributed by atoms with Crippen LogP contribution in [0.2, 0.25) is 0 Å². The molecule has 1 aliphatic carbocycles. The molecular formula is C9H17N3O. The minimum absolute atomic E-state index is 0.272. The first-order chi connectivity index (χ1) is 6.27. The zero-order chi connectivity index (χ0) is 9.42. The first-order valence-electron chi connectivity index (χ1n) is 4.87. The van der Waals surface area contributed by atoms with Gasteiger partial charge in [-0.2, -0.15) is 0 Å². The SMILES string of the molecule is CCN1CC2C/C(=N\OC)C1C2N. The van der Waals surface area contributed by atoms with Crippen LogP contribution in [0.5, 0.6) is 0 Å². The zero-order valence-electron chi connectivity index (χ0n) is 8.23. The number of oxime groups is 1. The van der Waals surface area contributed by atoms with Crippen molar-refractivity contribution in [2.24, 2.45) is 16.8 Å². The van der Waals surface area contributed by atoms with Crippen molar-refractivity contribution in [3.63, 3.8) is 0 Å². The van der Waals surface area contributed by atoms with Crippen molar-refractivity contribution in [2.75, 3.05) is 20.2 Å². The highest BCUT2D eigenvalue weighted by Crippen LogP contribution is 2.34. The molecular weight excluding hydrogens is 166 g/mol. The van der Waals surface area contributed by atoms with Gasteiger partial charge in [0.05, 0.1) is 11.8 Å². The lowest BCUT2D eigenvalue weighted by atomic mass is 10.1. The van der Waals surface area contributed by atoms with Crippen LogP contribution in [0.15, 0.2) is 5.16 Å². The van der Waals surface area contributed by atoms with Gasteiger partial charge in [-0.05, 0) is 18.9 Å². The second-order valence-electron chi connectivity index (χ2n) is 3.84. The lowest BCUT2D eigenvalue weighted by Gasteiger charge is -2.25. The maximum Gasteiger partial charge on any atom is 0.106 e. The van der Waals surface area contributed by atoms with Gasteiger partial charge in [-0.1, -0.05) is 12.1 Å².